The van der Waals surface area contributed by atoms with Gasteiger partial charge in [0.1, 0.15) is 0 Å². The molecule has 1 saturated carbocycles. The monoisotopic (exact) mass is 197 g/mol. The Morgan fingerprint density at radius 1 is 1.21 bits per heavy atom. The SMILES string of the molecule is C=C(NC)C1CCC(CC)CC1.CC. The Morgan fingerprint density at radius 2 is 1.71 bits per heavy atom. The van der Waals surface area contributed by atoms with Crippen LogP contribution >= 0.6 is 0 Å². The van der Waals surface area contributed by atoms with Crippen molar-refractivity contribution in [1.82, 2.24) is 5.32 Å². The maximum Gasteiger partial charge on any atom is 0.00625 e. The van der Waals surface area contributed by atoms with Gasteiger partial charge in [0.25, 0.3) is 0 Å². The quantitative estimate of drug-likeness (QED) is 0.722. The molecule has 1 heteroatoms. The van der Waals surface area contributed by atoms with Crippen molar-refractivity contribution < 1.29 is 0 Å². The molecule has 14 heavy (non-hydrogen) atoms. The lowest BCUT2D eigenvalue weighted by molar-refractivity contribution is 0.290. The van der Waals surface area contributed by atoms with Gasteiger partial charge in [-0.15, -0.1) is 0 Å². The Hall–Kier alpha value is -0.460. The first-order valence-corrected chi connectivity index (χ1v) is 6.14. The minimum Gasteiger partial charge on any atom is -0.392 e. The van der Waals surface area contributed by atoms with Crippen molar-refractivity contribution >= 4 is 0 Å². The third kappa shape index (κ3) is 4.17. The Labute approximate surface area is 90.0 Å². The first-order valence-electron chi connectivity index (χ1n) is 6.14. The summed E-state index contributed by atoms with van der Waals surface area (Å²) in [5.74, 6) is 1.74. The predicted molar refractivity (Wildman–Crippen MR) is 65.3 cm³/mol. The van der Waals surface area contributed by atoms with Crippen LogP contribution in [0.5, 0.6) is 0 Å². The molecule has 1 rings (SSSR count). The minimum atomic E-state index is 0.748. The van der Waals surface area contributed by atoms with E-state index in [1.54, 1.807) is 0 Å². The second-order valence-corrected chi connectivity index (χ2v) is 3.90. The Morgan fingerprint density at radius 3 is 2.07 bits per heavy atom. The van der Waals surface area contributed by atoms with Crippen molar-refractivity contribution in [3.8, 4) is 0 Å². The van der Waals surface area contributed by atoms with Gasteiger partial charge in [0.2, 0.25) is 0 Å². The van der Waals surface area contributed by atoms with E-state index in [-0.39, 0.29) is 0 Å². The summed E-state index contributed by atoms with van der Waals surface area (Å²) in [5.41, 5.74) is 1.24. The average Bonchev–Trinajstić information content (AvgIpc) is 2.31. The van der Waals surface area contributed by atoms with Crippen LogP contribution in [0.2, 0.25) is 0 Å². The summed E-state index contributed by atoms with van der Waals surface area (Å²) in [6.07, 6.45) is 6.86. The normalized spacial score (nSPS) is 26.0. The van der Waals surface area contributed by atoms with E-state index in [2.05, 4.69) is 18.8 Å². The highest BCUT2D eigenvalue weighted by Gasteiger charge is 2.20. The Bertz CT molecular complexity index is 143. The molecule has 1 aliphatic rings. The summed E-state index contributed by atoms with van der Waals surface area (Å²) in [4.78, 5) is 0. The fourth-order valence-corrected chi connectivity index (χ4v) is 2.12. The van der Waals surface area contributed by atoms with Gasteiger partial charge in [-0.05, 0) is 37.5 Å². The van der Waals surface area contributed by atoms with Crippen LogP contribution in [-0.2, 0) is 0 Å². The summed E-state index contributed by atoms with van der Waals surface area (Å²) in [6, 6.07) is 0. The zero-order valence-corrected chi connectivity index (χ0v) is 10.4. The highest BCUT2D eigenvalue weighted by atomic mass is 14.8. The van der Waals surface area contributed by atoms with E-state index in [1.165, 1.54) is 37.8 Å². The Balaban J connectivity index is 0.000000791. The summed E-state index contributed by atoms with van der Waals surface area (Å²) in [6.45, 7) is 10.3. The van der Waals surface area contributed by atoms with Crippen molar-refractivity contribution in [2.75, 3.05) is 7.05 Å². The molecule has 0 saturated heterocycles. The molecule has 0 radical (unpaired) electrons. The third-order valence-corrected chi connectivity index (χ3v) is 3.24. The average molecular weight is 197 g/mol. The molecular formula is C13H27N. The van der Waals surface area contributed by atoms with Crippen molar-refractivity contribution in [3.05, 3.63) is 12.3 Å². The molecule has 0 aromatic heterocycles. The molecule has 0 aromatic carbocycles. The standard InChI is InChI=1S/C11H21N.C2H6/c1-4-10-5-7-11(8-6-10)9(2)12-3;1-2/h10-12H,2,4-8H2,1,3H3;1-2H3. The molecule has 1 N–H and O–H groups in total. The first kappa shape index (κ1) is 13.5. The zero-order chi connectivity index (χ0) is 11.0. The van der Waals surface area contributed by atoms with Gasteiger partial charge in [0.15, 0.2) is 0 Å². The van der Waals surface area contributed by atoms with Crippen molar-refractivity contribution in [3.63, 3.8) is 0 Å². The second-order valence-electron chi connectivity index (χ2n) is 3.90. The van der Waals surface area contributed by atoms with Gasteiger partial charge in [-0.2, -0.15) is 0 Å². The molecule has 0 heterocycles. The molecule has 0 unspecified atom stereocenters. The first-order chi connectivity index (χ1) is 6.77. The van der Waals surface area contributed by atoms with E-state index in [0.29, 0.717) is 0 Å². The van der Waals surface area contributed by atoms with E-state index in [4.69, 9.17) is 0 Å². The lowest BCUT2D eigenvalue weighted by Crippen LogP contribution is -2.21. The molecular weight excluding hydrogens is 170 g/mol. The molecule has 0 spiro atoms. The van der Waals surface area contributed by atoms with Crippen molar-refractivity contribution in [2.45, 2.75) is 52.9 Å². The minimum absolute atomic E-state index is 0.748. The van der Waals surface area contributed by atoms with Crippen LogP contribution in [0.25, 0.3) is 0 Å². The molecule has 1 aliphatic carbocycles. The van der Waals surface area contributed by atoms with Crippen molar-refractivity contribution in [1.29, 1.82) is 0 Å². The van der Waals surface area contributed by atoms with Crippen LogP contribution in [0.3, 0.4) is 0 Å². The Kier molecular flexibility index (Phi) is 7.64. The molecule has 0 aromatic rings. The number of nitrogens with one attached hydrogen (secondary N) is 1. The van der Waals surface area contributed by atoms with Crippen molar-refractivity contribution in [2.24, 2.45) is 11.8 Å². The number of hydrogen-bond acceptors (Lipinski definition) is 1. The van der Waals surface area contributed by atoms with Crippen LogP contribution < -0.4 is 5.32 Å². The lowest BCUT2D eigenvalue weighted by atomic mass is 9.80. The molecule has 0 bridgehead atoms. The third-order valence-electron chi connectivity index (χ3n) is 3.24. The van der Waals surface area contributed by atoms with Gasteiger partial charge in [0.05, 0.1) is 0 Å². The fourth-order valence-electron chi connectivity index (χ4n) is 2.12. The largest absolute Gasteiger partial charge is 0.392 e. The van der Waals surface area contributed by atoms with Crippen LogP contribution in [0.4, 0.5) is 0 Å². The van der Waals surface area contributed by atoms with E-state index >= 15 is 0 Å². The van der Waals surface area contributed by atoms with Gasteiger partial charge in [-0.3, -0.25) is 0 Å². The molecule has 0 atom stereocenters. The molecule has 84 valence electrons. The number of rotatable bonds is 3. The fraction of sp³-hybridized carbons (Fsp3) is 0.846. The molecule has 1 fully saturated rings. The van der Waals surface area contributed by atoms with Gasteiger partial charge in [-0.1, -0.05) is 33.8 Å². The summed E-state index contributed by atoms with van der Waals surface area (Å²) >= 11 is 0. The van der Waals surface area contributed by atoms with E-state index in [1.807, 2.05) is 20.9 Å². The smallest absolute Gasteiger partial charge is 0.00625 e. The van der Waals surface area contributed by atoms with E-state index in [9.17, 15) is 0 Å². The topological polar surface area (TPSA) is 12.0 Å². The zero-order valence-electron chi connectivity index (χ0n) is 10.4. The predicted octanol–water partition coefficient (Wildman–Crippen LogP) is 3.96. The number of hydrogen-bond donors (Lipinski definition) is 1. The van der Waals surface area contributed by atoms with E-state index in [0.717, 1.165) is 11.8 Å². The summed E-state index contributed by atoms with van der Waals surface area (Å²) in [7, 11) is 1.98. The van der Waals surface area contributed by atoms with Gasteiger partial charge < -0.3 is 5.32 Å². The molecule has 0 aliphatic heterocycles. The highest BCUT2D eigenvalue weighted by molar-refractivity contribution is 4.98. The molecule has 1 nitrogen and oxygen atoms in total. The summed E-state index contributed by atoms with van der Waals surface area (Å²) in [5, 5.41) is 3.17. The maximum absolute atomic E-state index is 4.04. The highest BCUT2D eigenvalue weighted by Crippen LogP contribution is 2.32. The van der Waals surface area contributed by atoms with Crippen LogP contribution in [0.15, 0.2) is 12.3 Å². The maximum atomic E-state index is 4.04. The van der Waals surface area contributed by atoms with Crippen LogP contribution in [-0.4, -0.2) is 7.05 Å². The van der Waals surface area contributed by atoms with Crippen LogP contribution in [0.1, 0.15) is 52.9 Å². The second kappa shape index (κ2) is 7.90. The van der Waals surface area contributed by atoms with Gasteiger partial charge in [0, 0.05) is 12.7 Å². The van der Waals surface area contributed by atoms with Gasteiger partial charge >= 0.3 is 0 Å². The lowest BCUT2D eigenvalue weighted by Gasteiger charge is -2.28. The molecule has 0 amide bonds. The van der Waals surface area contributed by atoms with Crippen LogP contribution in [0, 0.1) is 11.8 Å². The van der Waals surface area contributed by atoms with Gasteiger partial charge in [-0.25, -0.2) is 0 Å². The summed E-state index contributed by atoms with van der Waals surface area (Å²) < 4.78 is 0. The number of allylic oxidation sites excluding steroid dienone is 1. The van der Waals surface area contributed by atoms with E-state index < -0.39 is 0 Å².